The zero-order valence-electron chi connectivity index (χ0n) is 16.3. The molecule has 0 unspecified atom stereocenters. The number of anilines is 3. The second kappa shape index (κ2) is 8.80. The highest BCUT2D eigenvalue weighted by Gasteiger charge is 2.07. The van der Waals surface area contributed by atoms with Crippen molar-refractivity contribution in [2.24, 2.45) is 0 Å². The van der Waals surface area contributed by atoms with Crippen LogP contribution in [0, 0.1) is 13.8 Å². The van der Waals surface area contributed by atoms with E-state index in [1.54, 1.807) is 14.2 Å². The maximum Gasteiger partial charge on any atom is 0.229 e. The summed E-state index contributed by atoms with van der Waals surface area (Å²) in [5.41, 5.74) is 3.76. The lowest BCUT2D eigenvalue weighted by Gasteiger charge is -2.12. The fourth-order valence-corrected chi connectivity index (χ4v) is 2.88. The van der Waals surface area contributed by atoms with E-state index in [0.29, 0.717) is 29.0 Å². The first-order valence-electron chi connectivity index (χ1n) is 8.82. The van der Waals surface area contributed by atoms with Gasteiger partial charge >= 0.3 is 0 Å². The lowest BCUT2D eigenvalue weighted by molar-refractivity contribution is 0.354. The Morgan fingerprint density at radius 1 is 0.929 bits per heavy atom. The third-order valence-electron chi connectivity index (χ3n) is 4.20. The second-order valence-corrected chi connectivity index (χ2v) is 6.76. The molecule has 28 heavy (non-hydrogen) atoms. The zero-order valence-corrected chi connectivity index (χ0v) is 17.1. The summed E-state index contributed by atoms with van der Waals surface area (Å²) in [4.78, 5) is 8.98. The number of nitrogens with zero attached hydrogens (tertiary/aromatic N) is 2. The average Bonchev–Trinajstić information content (AvgIpc) is 2.68. The third-order valence-corrected chi connectivity index (χ3v) is 4.61. The van der Waals surface area contributed by atoms with Crippen molar-refractivity contribution in [1.82, 2.24) is 9.97 Å². The van der Waals surface area contributed by atoms with Crippen LogP contribution < -0.4 is 20.1 Å². The molecule has 1 aromatic heterocycles. The Bertz CT molecular complexity index is 979. The highest BCUT2D eigenvalue weighted by molar-refractivity contribution is 6.31. The van der Waals surface area contributed by atoms with Gasteiger partial charge in [-0.25, -0.2) is 4.98 Å². The molecular formula is C21H23ClN4O2. The molecule has 146 valence electrons. The standard InChI is InChI=1S/C21H23ClN4O2/c1-13-5-7-16(11-17(13)22)25-21-24-14(2)9-20(26-21)23-12-15-6-8-18(27-3)19(10-15)28-4/h5-11H,12H2,1-4H3,(H2,23,24,25,26). The van der Waals surface area contributed by atoms with E-state index in [9.17, 15) is 0 Å². The molecule has 0 amide bonds. The van der Waals surface area contributed by atoms with Crippen LogP contribution >= 0.6 is 11.6 Å². The number of nitrogens with one attached hydrogen (secondary N) is 2. The van der Waals surface area contributed by atoms with Gasteiger partial charge in [0.2, 0.25) is 5.95 Å². The summed E-state index contributed by atoms with van der Waals surface area (Å²) < 4.78 is 10.6. The van der Waals surface area contributed by atoms with Gasteiger partial charge in [-0.3, -0.25) is 0 Å². The summed E-state index contributed by atoms with van der Waals surface area (Å²) in [7, 11) is 3.24. The number of methoxy groups -OCH3 is 2. The first kappa shape index (κ1) is 19.8. The molecule has 0 aliphatic heterocycles. The van der Waals surface area contributed by atoms with Crippen LogP contribution in [0.15, 0.2) is 42.5 Å². The number of aryl methyl sites for hydroxylation is 2. The van der Waals surface area contributed by atoms with E-state index in [4.69, 9.17) is 21.1 Å². The normalized spacial score (nSPS) is 10.5. The van der Waals surface area contributed by atoms with Gasteiger partial charge in [0.25, 0.3) is 0 Å². The monoisotopic (exact) mass is 398 g/mol. The fourth-order valence-electron chi connectivity index (χ4n) is 2.70. The Kier molecular flexibility index (Phi) is 6.21. The molecule has 0 spiro atoms. The van der Waals surface area contributed by atoms with Crippen LogP contribution in [0.4, 0.5) is 17.5 Å². The van der Waals surface area contributed by atoms with E-state index in [1.807, 2.05) is 56.3 Å². The second-order valence-electron chi connectivity index (χ2n) is 6.35. The van der Waals surface area contributed by atoms with Crippen molar-refractivity contribution in [3.05, 3.63) is 64.3 Å². The molecule has 3 aromatic rings. The molecule has 0 saturated carbocycles. The molecule has 1 heterocycles. The maximum atomic E-state index is 6.19. The molecular weight excluding hydrogens is 376 g/mol. The van der Waals surface area contributed by atoms with Crippen LogP contribution in [0.2, 0.25) is 5.02 Å². The summed E-state index contributed by atoms with van der Waals surface area (Å²) in [6.45, 7) is 4.48. The smallest absolute Gasteiger partial charge is 0.229 e. The van der Waals surface area contributed by atoms with Crippen LogP contribution in [-0.2, 0) is 6.54 Å². The fraction of sp³-hybridized carbons (Fsp3) is 0.238. The van der Waals surface area contributed by atoms with Crippen molar-refractivity contribution < 1.29 is 9.47 Å². The van der Waals surface area contributed by atoms with Crippen LogP contribution in [0.1, 0.15) is 16.8 Å². The van der Waals surface area contributed by atoms with Gasteiger partial charge < -0.3 is 20.1 Å². The number of aromatic nitrogens is 2. The van der Waals surface area contributed by atoms with Crippen molar-refractivity contribution in [2.45, 2.75) is 20.4 Å². The molecule has 2 aromatic carbocycles. The number of hydrogen-bond donors (Lipinski definition) is 2. The molecule has 0 aliphatic carbocycles. The van der Waals surface area contributed by atoms with Crippen molar-refractivity contribution in [2.75, 3.05) is 24.9 Å². The van der Waals surface area contributed by atoms with Gasteiger partial charge in [-0.05, 0) is 49.2 Å². The summed E-state index contributed by atoms with van der Waals surface area (Å²) >= 11 is 6.19. The highest BCUT2D eigenvalue weighted by Crippen LogP contribution is 2.28. The van der Waals surface area contributed by atoms with E-state index in [0.717, 1.165) is 28.3 Å². The van der Waals surface area contributed by atoms with Gasteiger partial charge in [-0.1, -0.05) is 23.7 Å². The topological polar surface area (TPSA) is 68.3 Å². The zero-order chi connectivity index (χ0) is 20.1. The predicted molar refractivity (Wildman–Crippen MR) is 113 cm³/mol. The van der Waals surface area contributed by atoms with E-state index in [2.05, 4.69) is 20.6 Å². The Hall–Kier alpha value is -2.99. The van der Waals surface area contributed by atoms with Gasteiger partial charge in [-0.2, -0.15) is 4.98 Å². The Balaban J connectivity index is 1.73. The van der Waals surface area contributed by atoms with Crippen LogP contribution in [0.5, 0.6) is 11.5 Å². The molecule has 2 N–H and O–H groups in total. The van der Waals surface area contributed by atoms with Gasteiger partial charge in [0.05, 0.1) is 14.2 Å². The highest BCUT2D eigenvalue weighted by atomic mass is 35.5. The lowest BCUT2D eigenvalue weighted by Crippen LogP contribution is -2.06. The number of benzene rings is 2. The number of halogens is 1. The quantitative estimate of drug-likeness (QED) is 0.575. The third kappa shape index (κ3) is 4.84. The maximum absolute atomic E-state index is 6.19. The number of rotatable bonds is 7. The Labute approximate surface area is 169 Å². The minimum Gasteiger partial charge on any atom is -0.493 e. The Morgan fingerprint density at radius 3 is 2.43 bits per heavy atom. The molecule has 0 saturated heterocycles. The molecule has 0 bridgehead atoms. The number of ether oxygens (including phenoxy) is 2. The molecule has 0 aliphatic rings. The van der Waals surface area contributed by atoms with Gasteiger partial charge in [0.1, 0.15) is 5.82 Å². The molecule has 0 radical (unpaired) electrons. The van der Waals surface area contributed by atoms with Crippen LogP contribution in [0.3, 0.4) is 0 Å². The van der Waals surface area contributed by atoms with Crippen LogP contribution in [0.25, 0.3) is 0 Å². The molecule has 3 rings (SSSR count). The average molecular weight is 399 g/mol. The van der Waals surface area contributed by atoms with E-state index >= 15 is 0 Å². The first-order chi connectivity index (χ1) is 13.5. The Morgan fingerprint density at radius 2 is 1.71 bits per heavy atom. The lowest BCUT2D eigenvalue weighted by atomic mass is 10.2. The van der Waals surface area contributed by atoms with E-state index in [-0.39, 0.29) is 0 Å². The summed E-state index contributed by atoms with van der Waals surface area (Å²) in [6, 6.07) is 13.5. The van der Waals surface area contributed by atoms with Gasteiger partial charge in [-0.15, -0.1) is 0 Å². The molecule has 0 atom stereocenters. The first-order valence-corrected chi connectivity index (χ1v) is 9.20. The minimum absolute atomic E-state index is 0.509. The molecule has 7 heteroatoms. The van der Waals surface area contributed by atoms with Crippen molar-refractivity contribution in [3.8, 4) is 11.5 Å². The predicted octanol–water partition coefficient (Wildman–Crippen LogP) is 5.12. The van der Waals surface area contributed by atoms with E-state index in [1.165, 1.54) is 0 Å². The largest absolute Gasteiger partial charge is 0.493 e. The summed E-state index contributed by atoms with van der Waals surface area (Å²) in [5.74, 6) is 2.63. The van der Waals surface area contributed by atoms with Gasteiger partial charge in [0, 0.05) is 29.0 Å². The van der Waals surface area contributed by atoms with Gasteiger partial charge in [0.15, 0.2) is 11.5 Å². The minimum atomic E-state index is 0.509. The molecule has 0 fully saturated rings. The molecule has 6 nitrogen and oxygen atoms in total. The van der Waals surface area contributed by atoms with Crippen LogP contribution in [-0.4, -0.2) is 24.2 Å². The van der Waals surface area contributed by atoms with Crippen molar-refractivity contribution in [3.63, 3.8) is 0 Å². The van der Waals surface area contributed by atoms with E-state index < -0.39 is 0 Å². The SMILES string of the molecule is COc1ccc(CNc2cc(C)nc(Nc3ccc(C)c(Cl)c3)n2)cc1OC. The number of hydrogen-bond acceptors (Lipinski definition) is 6. The summed E-state index contributed by atoms with van der Waals surface area (Å²) in [5, 5.41) is 7.22. The van der Waals surface area contributed by atoms with Crippen molar-refractivity contribution >= 4 is 29.1 Å². The van der Waals surface area contributed by atoms with Crippen molar-refractivity contribution in [1.29, 1.82) is 0 Å². The summed E-state index contributed by atoms with van der Waals surface area (Å²) in [6.07, 6.45) is 0.